The molecule has 0 bridgehead atoms. The third-order valence-corrected chi connectivity index (χ3v) is 6.23. The molecule has 1 unspecified atom stereocenters. The van der Waals surface area contributed by atoms with Gasteiger partial charge in [0, 0.05) is 21.8 Å². The van der Waals surface area contributed by atoms with E-state index in [-0.39, 0.29) is 5.91 Å². The predicted molar refractivity (Wildman–Crippen MR) is 133 cm³/mol. The summed E-state index contributed by atoms with van der Waals surface area (Å²) in [5.41, 5.74) is 4.68. The lowest BCUT2D eigenvalue weighted by atomic mass is 9.96. The molecule has 0 radical (unpaired) electrons. The van der Waals surface area contributed by atoms with E-state index in [0.717, 1.165) is 22.4 Å². The van der Waals surface area contributed by atoms with E-state index in [2.05, 4.69) is 10.2 Å². The topological polar surface area (TPSA) is 84.5 Å². The zero-order valence-corrected chi connectivity index (χ0v) is 19.9. The van der Waals surface area contributed by atoms with Crippen LogP contribution < -0.4 is 9.64 Å². The number of hydrogen-bond acceptors (Lipinski definition) is 5. The lowest BCUT2D eigenvalue weighted by molar-refractivity contribution is 0.0526. The molecule has 2 heterocycles. The first-order valence-electron chi connectivity index (χ1n) is 11.1. The fraction of sp³-hybridized carbons (Fsp3) is 0.148. The molecule has 8 heteroatoms. The van der Waals surface area contributed by atoms with Gasteiger partial charge in [-0.2, -0.15) is 5.10 Å². The summed E-state index contributed by atoms with van der Waals surface area (Å²) >= 11 is 6.15. The molecule has 0 aliphatic carbocycles. The molecule has 0 fully saturated rings. The highest BCUT2D eigenvalue weighted by Crippen LogP contribution is 2.45. The SMILES string of the molecule is CCOC(=O)c1ccc(N2C(=O)c3[nH]nc(-c4ccc(OC)cc4)c3C2c2ccc(Cl)cc2)cc1. The zero-order valence-electron chi connectivity index (χ0n) is 19.1. The Morgan fingerprint density at radius 1 is 1.03 bits per heavy atom. The minimum Gasteiger partial charge on any atom is -0.497 e. The second-order valence-electron chi connectivity index (χ2n) is 7.99. The van der Waals surface area contributed by atoms with Crippen molar-refractivity contribution in [3.63, 3.8) is 0 Å². The van der Waals surface area contributed by atoms with Crippen LogP contribution in [-0.4, -0.2) is 35.8 Å². The van der Waals surface area contributed by atoms with Crippen molar-refractivity contribution in [3.05, 3.63) is 100 Å². The fourth-order valence-corrected chi connectivity index (χ4v) is 4.44. The molecule has 3 aromatic carbocycles. The Kier molecular flexibility index (Phi) is 6.01. The van der Waals surface area contributed by atoms with Crippen LogP contribution >= 0.6 is 11.6 Å². The van der Waals surface area contributed by atoms with Gasteiger partial charge in [0.15, 0.2) is 0 Å². The van der Waals surface area contributed by atoms with Crippen molar-refractivity contribution in [1.82, 2.24) is 10.2 Å². The number of ether oxygens (including phenoxy) is 2. The number of rotatable bonds is 6. The maximum absolute atomic E-state index is 13.6. The molecule has 7 nitrogen and oxygen atoms in total. The number of H-pyrrole nitrogens is 1. The van der Waals surface area contributed by atoms with Gasteiger partial charge in [0.05, 0.1) is 31.0 Å². The molecule has 1 atom stereocenters. The van der Waals surface area contributed by atoms with E-state index < -0.39 is 12.0 Å². The molecule has 5 rings (SSSR count). The maximum atomic E-state index is 13.6. The smallest absolute Gasteiger partial charge is 0.338 e. The maximum Gasteiger partial charge on any atom is 0.338 e. The van der Waals surface area contributed by atoms with E-state index in [9.17, 15) is 9.59 Å². The van der Waals surface area contributed by atoms with E-state index in [4.69, 9.17) is 21.1 Å². The first-order valence-corrected chi connectivity index (χ1v) is 11.5. The molecule has 0 saturated carbocycles. The standard InChI is InChI=1S/C27H22ClN3O4/c1-3-35-27(33)18-6-12-20(13-7-18)31-25(17-4-10-19(28)11-5-17)22-23(29-30-24(22)26(31)32)16-8-14-21(34-2)15-9-16/h4-15,25H,3H2,1-2H3,(H,29,30). The van der Waals surface area contributed by atoms with Crippen molar-refractivity contribution in [2.24, 2.45) is 0 Å². The number of aromatic nitrogens is 2. The van der Waals surface area contributed by atoms with Crippen molar-refractivity contribution in [2.75, 3.05) is 18.6 Å². The van der Waals surface area contributed by atoms with Gasteiger partial charge < -0.3 is 9.47 Å². The summed E-state index contributed by atoms with van der Waals surface area (Å²) in [7, 11) is 1.61. The summed E-state index contributed by atoms with van der Waals surface area (Å²) in [6.07, 6.45) is 0. The van der Waals surface area contributed by atoms with Crippen molar-refractivity contribution in [1.29, 1.82) is 0 Å². The molecule has 1 N–H and O–H groups in total. The van der Waals surface area contributed by atoms with Crippen LogP contribution in [-0.2, 0) is 4.74 Å². The highest BCUT2D eigenvalue weighted by molar-refractivity contribution is 6.30. The molecular formula is C27H22ClN3O4. The first kappa shape index (κ1) is 22.7. The van der Waals surface area contributed by atoms with Crippen LogP contribution in [0.5, 0.6) is 5.75 Å². The summed E-state index contributed by atoms with van der Waals surface area (Å²) in [4.78, 5) is 27.4. The summed E-state index contributed by atoms with van der Waals surface area (Å²) < 4.78 is 10.4. The zero-order chi connectivity index (χ0) is 24.5. The second kappa shape index (κ2) is 9.27. The number of amides is 1. The fourth-order valence-electron chi connectivity index (χ4n) is 4.32. The average Bonchev–Trinajstić information content (AvgIpc) is 3.44. The number of esters is 1. The third kappa shape index (κ3) is 4.04. The Hall–Kier alpha value is -4.10. The molecule has 1 aromatic heterocycles. The predicted octanol–water partition coefficient (Wildman–Crippen LogP) is 5.67. The number of fused-ring (bicyclic) bond motifs is 1. The van der Waals surface area contributed by atoms with Gasteiger partial charge >= 0.3 is 5.97 Å². The molecule has 1 amide bonds. The summed E-state index contributed by atoms with van der Waals surface area (Å²) in [6.45, 7) is 2.05. The normalized spacial score (nSPS) is 14.7. The summed E-state index contributed by atoms with van der Waals surface area (Å²) in [5, 5.41) is 8.04. The van der Waals surface area contributed by atoms with E-state index in [1.807, 2.05) is 36.4 Å². The van der Waals surface area contributed by atoms with Crippen LogP contribution in [0.25, 0.3) is 11.3 Å². The van der Waals surface area contributed by atoms with Gasteiger partial charge in [0.25, 0.3) is 5.91 Å². The van der Waals surface area contributed by atoms with Crippen LogP contribution in [0.15, 0.2) is 72.8 Å². The molecule has 4 aromatic rings. The Bertz CT molecular complexity index is 1380. The highest BCUT2D eigenvalue weighted by Gasteiger charge is 2.43. The quantitative estimate of drug-likeness (QED) is 0.354. The van der Waals surface area contributed by atoms with Gasteiger partial charge in [-0.3, -0.25) is 14.8 Å². The molecule has 1 aliphatic rings. The van der Waals surface area contributed by atoms with Crippen LogP contribution in [0.1, 0.15) is 44.9 Å². The molecule has 35 heavy (non-hydrogen) atoms. The number of benzene rings is 3. The number of aromatic amines is 1. The molecule has 176 valence electrons. The van der Waals surface area contributed by atoms with E-state index in [1.54, 1.807) is 55.3 Å². The van der Waals surface area contributed by atoms with Crippen molar-refractivity contribution < 1.29 is 19.1 Å². The van der Waals surface area contributed by atoms with Crippen LogP contribution in [0, 0.1) is 0 Å². The number of nitrogens with one attached hydrogen (secondary N) is 1. The Morgan fingerprint density at radius 3 is 2.34 bits per heavy atom. The van der Waals surface area contributed by atoms with Crippen molar-refractivity contribution in [2.45, 2.75) is 13.0 Å². The van der Waals surface area contributed by atoms with E-state index >= 15 is 0 Å². The number of carbonyl (C=O) groups excluding carboxylic acids is 2. The Balaban J connectivity index is 1.62. The molecule has 0 spiro atoms. The van der Waals surface area contributed by atoms with Gasteiger partial charge in [-0.1, -0.05) is 23.7 Å². The Labute approximate surface area is 207 Å². The van der Waals surface area contributed by atoms with Gasteiger partial charge in [-0.25, -0.2) is 4.79 Å². The average molecular weight is 488 g/mol. The van der Waals surface area contributed by atoms with Crippen LogP contribution in [0.3, 0.4) is 0 Å². The summed E-state index contributed by atoms with van der Waals surface area (Å²) in [6, 6.07) is 21.3. The first-order chi connectivity index (χ1) is 17.0. The number of carbonyl (C=O) groups is 2. The van der Waals surface area contributed by atoms with Crippen LogP contribution in [0.2, 0.25) is 5.02 Å². The third-order valence-electron chi connectivity index (χ3n) is 5.97. The number of halogens is 1. The Morgan fingerprint density at radius 2 is 1.71 bits per heavy atom. The minimum atomic E-state index is -0.445. The molecular weight excluding hydrogens is 466 g/mol. The molecule has 1 aliphatic heterocycles. The lowest BCUT2D eigenvalue weighted by Crippen LogP contribution is -2.29. The lowest BCUT2D eigenvalue weighted by Gasteiger charge is -2.26. The number of nitrogens with zero attached hydrogens (tertiary/aromatic N) is 2. The largest absolute Gasteiger partial charge is 0.497 e. The van der Waals surface area contributed by atoms with Gasteiger partial charge in [0.2, 0.25) is 0 Å². The van der Waals surface area contributed by atoms with E-state index in [1.165, 1.54) is 0 Å². The van der Waals surface area contributed by atoms with Crippen molar-refractivity contribution in [3.8, 4) is 17.0 Å². The van der Waals surface area contributed by atoms with Gasteiger partial charge in [-0.15, -0.1) is 0 Å². The van der Waals surface area contributed by atoms with Gasteiger partial charge in [0.1, 0.15) is 11.4 Å². The van der Waals surface area contributed by atoms with E-state index in [0.29, 0.717) is 34.3 Å². The minimum absolute atomic E-state index is 0.212. The number of methoxy groups -OCH3 is 1. The summed E-state index contributed by atoms with van der Waals surface area (Å²) in [5.74, 6) is 0.114. The number of hydrogen-bond donors (Lipinski definition) is 1. The number of anilines is 1. The van der Waals surface area contributed by atoms with Gasteiger partial charge in [-0.05, 0) is 73.2 Å². The van der Waals surface area contributed by atoms with Crippen LogP contribution in [0.4, 0.5) is 5.69 Å². The second-order valence-corrected chi connectivity index (χ2v) is 8.42. The highest BCUT2D eigenvalue weighted by atomic mass is 35.5. The van der Waals surface area contributed by atoms with Crippen molar-refractivity contribution >= 4 is 29.2 Å². The monoisotopic (exact) mass is 487 g/mol. The molecule has 0 saturated heterocycles.